The van der Waals surface area contributed by atoms with Crippen LogP contribution in [0.2, 0.25) is 0 Å². The van der Waals surface area contributed by atoms with Crippen LogP contribution < -0.4 is 10.1 Å². The lowest BCUT2D eigenvalue weighted by atomic mass is 9.97. The van der Waals surface area contributed by atoms with E-state index < -0.39 is 0 Å². The molecule has 0 saturated carbocycles. The van der Waals surface area contributed by atoms with Gasteiger partial charge in [-0.2, -0.15) is 0 Å². The molecule has 1 atom stereocenters. The Balaban J connectivity index is 1.77. The van der Waals surface area contributed by atoms with Crippen molar-refractivity contribution < 1.29 is 4.74 Å². The Hall–Kier alpha value is -1.16. The zero-order valence-electron chi connectivity index (χ0n) is 10.1. The van der Waals surface area contributed by atoms with Crippen LogP contribution in [-0.2, 0) is 12.8 Å². The van der Waals surface area contributed by atoms with Crippen molar-refractivity contribution in [2.45, 2.75) is 44.6 Å². The normalized spacial score (nSPS) is 24.1. The number of nitrogens with zero attached hydrogens (tertiary/aromatic N) is 2. The average Bonchev–Trinajstić information content (AvgIpc) is 2.40. The molecule has 1 saturated heterocycles. The van der Waals surface area contributed by atoms with Gasteiger partial charge in [-0.1, -0.05) is 0 Å². The van der Waals surface area contributed by atoms with Crippen molar-refractivity contribution >= 4 is 0 Å². The van der Waals surface area contributed by atoms with E-state index in [2.05, 4.69) is 15.3 Å². The number of hydrogen-bond donors (Lipinski definition) is 1. The third-order valence-electron chi connectivity index (χ3n) is 3.62. The molecule has 0 aromatic carbocycles. The molecule has 0 bridgehead atoms. The molecular formula is C13H19N3O. The first-order chi connectivity index (χ1) is 8.43. The molecule has 1 aromatic heterocycles. The topological polar surface area (TPSA) is 47.0 Å². The molecule has 1 fully saturated rings. The molecule has 1 aliphatic heterocycles. The van der Waals surface area contributed by atoms with E-state index in [1.165, 1.54) is 30.5 Å². The first-order valence-corrected chi connectivity index (χ1v) is 6.63. The van der Waals surface area contributed by atoms with Crippen molar-refractivity contribution in [3.8, 4) is 5.88 Å². The van der Waals surface area contributed by atoms with Crippen molar-refractivity contribution in [3.05, 3.63) is 17.6 Å². The summed E-state index contributed by atoms with van der Waals surface area (Å²) < 4.78 is 6.04. The summed E-state index contributed by atoms with van der Waals surface area (Å²) in [6, 6.07) is 0. The molecule has 1 N–H and O–H groups in total. The minimum Gasteiger partial charge on any atom is -0.473 e. The lowest BCUT2D eigenvalue weighted by Crippen LogP contribution is -2.37. The number of piperidine rings is 1. The van der Waals surface area contributed by atoms with Gasteiger partial charge in [-0.3, -0.25) is 0 Å². The fourth-order valence-corrected chi connectivity index (χ4v) is 2.67. The lowest BCUT2D eigenvalue weighted by Gasteiger charge is -2.25. The number of nitrogens with one attached hydrogen (secondary N) is 1. The van der Waals surface area contributed by atoms with Gasteiger partial charge in [0.1, 0.15) is 12.4 Å². The number of aryl methyl sites for hydroxylation is 1. The molecule has 2 aliphatic rings. The summed E-state index contributed by atoms with van der Waals surface area (Å²) in [5, 5.41) is 3.37. The molecule has 1 aromatic rings. The zero-order chi connectivity index (χ0) is 11.5. The quantitative estimate of drug-likeness (QED) is 0.840. The molecule has 4 nitrogen and oxygen atoms in total. The third-order valence-corrected chi connectivity index (χ3v) is 3.62. The van der Waals surface area contributed by atoms with Crippen LogP contribution in [0.25, 0.3) is 0 Å². The highest BCUT2D eigenvalue weighted by Gasteiger charge is 2.20. The van der Waals surface area contributed by atoms with E-state index in [0.29, 0.717) is 0 Å². The molecule has 0 amide bonds. The molecule has 17 heavy (non-hydrogen) atoms. The van der Waals surface area contributed by atoms with Gasteiger partial charge in [-0.15, -0.1) is 0 Å². The largest absolute Gasteiger partial charge is 0.473 e. The maximum Gasteiger partial charge on any atom is 0.220 e. The molecule has 3 rings (SSSR count). The summed E-state index contributed by atoms with van der Waals surface area (Å²) in [5.74, 6) is 0.836. The van der Waals surface area contributed by atoms with Gasteiger partial charge in [0, 0.05) is 12.1 Å². The van der Waals surface area contributed by atoms with Crippen molar-refractivity contribution in [2.75, 3.05) is 13.1 Å². The van der Waals surface area contributed by atoms with Gasteiger partial charge >= 0.3 is 0 Å². The van der Waals surface area contributed by atoms with Crippen LogP contribution in [-0.4, -0.2) is 29.2 Å². The summed E-state index contributed by atoms with van der Waals surface area (Å²) in [7, 11) is 0. The SMILES string of the molecule is c1nc2c(c(OC3CCCNC3)n1)CCCC2. The number of aromatic nitrogens is 2. The molecular weight excluding hydrogens is 214 g/mol. The Morgan fingerprint density at radius 3 is 3.00 bits per heavy atom. The lowest BCUT2D eigenvalue weighted by molar-refractivity contribution is 0.158. The highest BCUT2D eigenvalue weighted by molar-refractivity contribution is 5.31. The second-order valence-electron chi connectivity index (χ2n) is 4.90. The summed E-state index contributed by atoms with van der Waals surface area (Å²) in [6.45, 7) is 2.06. The van der Waals surface area contributed by atoms with Gasteiger partial charge < -0.3 is 10.1 Å². The maximum atomic E-state index is 6.04. The van der Waals surface area contributed by atoms with Crippen LogP contribution in [0.1, 0.15) is 36.9 Å². The van der Waals surface area contributed by atoms with Gasteiger partial charge in [0.15, 0.2) is 0 Å². The fraction of sp³-hybridized carbons (Fsp3) is 0.692. The second-order valence-corrected chi connectivity index (χ2v) is 4.90. The van der Waals surface area contributed by atoms with Crippen molar-refractivity contribution in [1.29, 1.82) is 0 Å². The van der Waals surface area contributed by atoms with E-state index in [9.17, 15) is 0 Å². The highest BCUT2D eigenvalue weighted by atomic mass is 16.5. The number of rotatable bonds is 2. The molecule has 0 radical (unpaired) electrons. The molecule has 4 heteroatoms. The summed E-state index contributed by atoms with van der Waals surface area (Å²) in [5.41, 5.74) is 2.45. The Bertz CT molecular complexity index is 388. The molecule has 1 unspecified atom stereocenters. The molecule has 1 aliphatic carbocycles. The van der Waals surface area contributed by atoms with E-state index in [-0.39, 0.29) is 6.10 Å². The maximum absolute atomic E-state index is 6.04. The number of hydrogen-bond acceptors (Lipinski definition) is 4. The monoisotopic (exact) mass is 233 g/mol. The number of fused-ring (bicyclic) bond motifs is 1. The van der Waals surface area contributed by atoms with Gasteiger partial charge in [0.2, 0.25) is 5.88 Å². The Kier molecular flexibility index (Phi) is 3.22. The van der Waals surface area contributed by atoms with Crippen LogP contribution in [0.15, 0.2) is 6.33 Å². The summed E-state index contributed by atoms with van der Waals surface area (Å²) in [6.07, 6.45) is 8.89. The van der Waals surface area contributed by atoms with Crippen LogP contribution in [0.5, 0.6) is 5.88 Å². The molecule has 0 spiro atoms. The third kappa shape index (κ3) is 2.41. The van der Waals surface area contributed by atoms with Crippen molar-refractivity contribution in [1.82, 2.24) is 15.3 Å². The predicted molar refractivity (Wildman–Crippen MR) is 65.2 cm³/mol. The Morgan fingerprint density at radius 1 is 1.18 bits per heavy atom. The Morgan fingerprint density at radius 2 is 2.12 bits per heavy atom. The molecule has 2 heterocycles. The summed E-state index contributed by atoms with van der Waals surface area (Å²) >= 11 is 0. The van der Waals surface area contributed by atoms with Gasteiger partial charge in [0.25, 0.3) is 0 Å². The first kappa shape index (κ1) is 11.0. The van der Waals surface area contributed by atoms with E-state index >= 15 is 0 Å². The minimum absolute atomic E-state index is 0.282. The zero-order valence-corrected chi connectivity index (χ0v) is 10.1. The van der Waals surface area contributed by atoms with Crippen LogP contribution in [0.4, 0.5) is 0 Å². The summed E-state index contributed by atoms with van der Waals surface area (Å²) in [4.78, 5) is 8.69. The standard InChI is InChI=1S/C13H19N3O/c1-2-6-12-11(5-1)13(16-9-15-12)17-10-4-3-7-14-8-10/h9-10,14H,1-8H2. The Labute approximate surface area is 102 Å². The van der Waals surface area contributed by atoms with Crippen LogP contribution >= 0.6 is 0 Å². The minimum atomic E-state index is 0.282. The first-order valence-electron chi connectivity index (χ1n) is 6.63. The predicted octanol–water partition coefficient (Wildman–Crippen LogP) is 1.49. The molecule has 92 valence electrons. The smallest absolute Gasteiger partial charge is 0.220 e. The van der Waals surface area contributed by atoms with Gasteiger partial charge in [-0.05, 0) is 45.1 Å². The number of ether oxygens (including phenoxy) is 1. The van der Waals surface area contributed by atoms with Crippen molar-refractivity contribution in [3.63, 3.8) is 0 Å². The second kappa shape index (κ2) is 5.00. The fourth-order valence-electron chi connectivity index (χ4n) is 2.67. The van der Waals surface area contributed by atoms with Crippen LogP contribution in [0.3, 0.4) is 0 Å². The van der Waals surface area contributed by atoms with Crippen LogP contribution in [0, 0.1) is 0 Å². The van der Waals surface area contributed by atoms with E-state index in [1.807, 2.05) is 0 Å². The van der Waals surface area contributed by atoms with E-state index in [1.54, 1.807) is 6.33 Å². The van der Waals surface area contributed by atoms with Gasteiger partial charge in [0.05, 0.1) is 5.69 Å². The van der Waals surface area contributed by atoms with Gasteiger partial charge in [-0.25, -0.2) is 9.97 Å². The van der Waals surface area contributed by atoms with E-state index in [4.69, 9.17) is 4.74 Å². The highest BCUT2D eigenvalue weighted by Crippen LogP contribution is 2.27. The van der Waals surface area contributed by atoms with Crippen molar-refractivity contribution in [2.24, 2.45) is 0 Å². The van der Waals surface area contributed by atoms with E-state index in [0.717, 1.165) is 38.2 Å². The average molecular weight is 233 g/mol.